The highest BCUT2D eigenvalue weighted by atomic mass is 16.4. The summed E-state index contributed by atoms with van der Waals surface area (Å²) >= 11 is 0. The lowest BCUT2D eigenvalue weighted by atomic mass is 10.1. The molecule has 1 aliphatic heterocycles. The minimum absolute atomic E-state index is 0.0627. The van der Waals surface area contributed by atoms with Crippen molar-refractivity contribution in [3.05, 3.63) is 23.4 Å². The number of aliphatic hydroxyl groups is 1. The number of aromatic nitrogens is 1. The van der Waals surface area contributed by atoms with Crippen LogP contribution in [0.1, 0.15) is 24.6 Å². The predicted molar refractivity (Wildman–Crippen MR) is 68.9 cm³/mol. The van der Waals surface area contributed by atoms with Crippen molar-refractivity contribution in [2.24, 2.45) is 10.9 Å². The van der Waals surface area contributed by atoms with E-state index in [9.17, 15) is 5.11 Å². The zero-order chi connectivity index (χ0) is 13.3. The third-order valence-electron chi connectivity index (χ3n) is 3.12. The second-order valence-corrected chi connectivity index (χ2v) is 5.01. The highest BCUT2D eigenvalue weighted by Gasteiger charge is 2.32. The molecule has 2 rings (SSSR count). The van der Waals surface area contributed by atoms with Crippen molar-refractivity contribution in [2.75, 3.05) is 18.0 Å². The Hall–Kier alpha value is -1.82. The molecule has 6 heteroatoms. The molecule has 0 spiro atoms. The van der Waals surface area contributed by atoms with Crippen LogP contribution in [0.2, 0.25) is 0 Å². The maximum absolute atomic E-state index is 9.96. The predicted octanol–water partition coefficient (Wildman–Crippen LogP) is 0.446. The van der Waals surface area contributed by atoms with Crippen LogP contribution in [0.15, 0.2) is 17.3 Å². The Kier molecular flexibility index (Phi) is 3.13. The van der Waals surface area contributed by atoms with E-state index in [2.05, 4.69) is 10.1 Å². The summed E-state index contributed by atoms with van der Waals surface area (Å²) < 4.78 is 0. The molecular weight excluding hydrogens is 232 g/mol. The number of hydrogen-bond acceptors (Lipinski definition) is 5. The molecule has 1 saturated heterocycles. The first kappa shape index (κ1) is 12.6. The second kappa shape index (κ2) is 4.45. The van der Waals surface area contributed by atoms with Gasteiger partial charge in [-0.1, -0.05) is 5.16 Å². The standard InChI is InChI=1S/C12H18N4O2/c1-8-5-9(11(13)15-18)6-10(14-8)16-4-3-12(2,17)7-16/h5-6,17-18H,3-4,7H2,1-2H3,(H2,13,15). The molecule has 1 aromatic heterocycles. The van der Waals surface area contributed by atoms with Crippen LogP contribution in [0.4, 0.5) is 5.82 Å². The lowest BCUT2D eigenvalue weighted by molar-refractivity contribution is 0.0839. The van der Waals surface area contributed by atoms with E-state index in [4.69, 9.17) is 10.9 Å². The zero-order valence-electron chi connectivity index (χ0n) is 10.6. The molecule has 0 saturated carbocycles. The van der Waals surface area contributed by atoms with Gasteiger partial charge in [-0.2, -0.15) is 0 Å². The molecular formula is C12H18N4O2. The van der Waals surface area contributed by atoms with Gasteiger partial charge in [-0.25, -0.2) is 4.98 Å². The van der Waals surface area contributed by atoms with Gasteiger partial charge < -0.3 is 20.9 Å². The molecule has 0 radical (unpaired) electrons. The number of anilines is 1. The van der Waals surface area contributed by atoms with Crippen molar-refractivity contribution in [2.45, 2.75) is 25.9 Å². The summed E-state index contributed by atoms with van der Waals surface area (Å²) in [5.74, 6) is 0.807. The van der Waals surface area contributed by atoms with E-state index >= 15 is 0 Å². The third kappa shape index (κ3) is 2.53. The second-order valence-electron chi connectivity index (χ2n) is 5.01. The minimum Gasteiger partial charge on any atom is -0.409 e. The minimum atomic E-state index is -0.678. The summed E-state index contributed by atoms with van der Waals surface area (Å²) in [5.41, 5.74) is 6.33. The van der Waals surface area contributed by atoms with Crippen molar-refractivity contribution in [3.63, 3.8) is 0 Å². The van der Waals surface area contributed by atoms with Crippen molar-refractivity contribution in [3.8, 4) is 0 Å². The number of pyridine rings is 1. The molecule has 4 N–H and O–H groups in total. The maximum atomic E-state index is 9.96. The van der Waals surface area contributed by atoms with Crippen LogP contribution in [0.3, 0.4) is 0 Å². The summed E-state index contributed by atoms with van der Waals surface area (Å²) in [6.07, 6.45) is 0.710. The van der Waals surface area contributed by atoms with Gasteiger partial charge in [-0.15, -0.1) is 0 Å². The molecule has 98 valence electrons. The van der Waals surface area contributed by atoms with E-state index in [1.807, 2.05) is 18.7 Å². The van der Waals surface area contributed by atoms with Gasteiger partial charge in [0.25, 0.3) is 0 Å². The molecule has 6 nitrogen and oxygen atoms in total. The van der Waals surface area contributed by atoms with E-state index in [0.717, 1.165) is 18.1 Å². The molecule has 1 aliphatic rings. The van der Waals surface area contributed by atoms with Gasteiger partial charge in [0.15, 0.2) is 5.84 Å². The van der Waals surface area contributed by atoms with Crippen LogP contribution >= 0.6 is 0 Å². The molecule has 1 atom stereocenters. The summed E-state index contributed by atoms with van der Waals surface area (Å²) in [6.45, 7) is 4.96. The SMILES string of the molecule is Cc1cc(/C(N)=N/O)cc(N2CCC(C)(O)C2)n1. The highest BCUT2D eigenvalue weighted by molar-refractivity contribution is 5.97. The van der Waals surface area contributed by atoms with E-state index in [1.54, 1.807) is 12.1 Å². The fraction of sp³-hybridized carbons (Fsp3) is 0.500. The van der Waals surface area contributed by atoms with Crippen molar-refractivity contribution in [1.82, 2.24) is 4.98 Å². The van der Waals surface area contributed by atoms with Gasteiger partial charge in [0.2, 0.25) is 0 Å². The summed E-state index contributed by atoms with van der Waals surface area (Å²) in [5, 5.41) is 21.7. The smallest absolute Gasteiger partial charge is 0.170 e. The van der Waals surface area contributed by atoms with Gasteiger partial charge in [0.1, 0.15) is 5.82 Å². The number of rotatable bonds is 2. The first-order chi connectivity index (χ1) is 8.41. The van der Waals surface area contributed by atoms with Gasteiger partial charge >= 0.3 is 0 Å². The molecule has 0 bridgehead atoms. The number of hydrogen-bond donors (Lipinski definition) is 3. The molecule has 0 aromatic carbocycles. The summed E-state index contributed by atoms with van der Waals surface area (Å²) in [6, 6.07) is 3.52. The van der Waals surface area contributed by atoms with Crippen molar-refractivity contribution in [1.29, 1.82) is 0 Å². The number of nitrogens with two attached hydrogens (primary N) is 1. The molecule has 2 heterocycles. The summed E-state index contributed by atoms with van der Waals surface area (Å²) in [4.78, 5) is 6.42. The lowest BCUT2D eigenvalue weighted by Crippen LogP contribution is -2.30. The van der Waals surface area contributed by atoms with Crippen molar-refractivity contribution >= 4 is 11.7 Å². The lowest BCUT2D eigenvalue weighted by Gasteiger charge is -2.20. The van der Waals surface area contributed by atoms with Crippen molar-refractivity contribution < 1.29 is 10.3 Å². The van der Waals surface area contributed by atoms with Gasteiger partial charge in [-0.05, 0) is 32.4 Å². The third-order valence-corrected chi connectivity index (χ3v) is 3.12. The zero-order valence-corrected chi connectivity index (χ0v) is 10.6. The normalized spacial score (nSPS) is 24.6. The van der Waals surface area contributed by atoms with Gasteiger partial charge in [0.05, 0.1) is 5.60 Å². The molecule has 1 fully saturated rings. The number of β-amino-alcohol motifs (C(OH)–C–C–N with tert-alkyl or cyclic N) is 1. The number of nitrogens with zero attached hydrogens (tertiary/aromatic N) is 3. The molecule has 0 aliphatic carbocycles. The van der Waals surface area contributed by atoms with Gasteiger partial charge in [-0.3, -0.25) is 0 Å². The van der Waals surface area contributed by atoms with Crippen LogP contribution in [0.5, 0.6) is 0 Å². The maximum Gasteiger partial charge on any atom is 0.170 e. The van der Waals surface area contributed by atoms with Gasteiger partial charge in [0, 0.05) is 24.3 Å². The molecule has 0 amide bonds. The van der Waals surface area contributed by atoms with E-state index < -0.39 is 5.60 Å². The highest BCUT2D eigenvalue weighted by Crippen LogP contribution is 2.25. The van der Waals surface area contributed by atoms with Crippen LogP contribution in [0, 0.1) is 6.92 Å². The first-order valence-electron chi connectivity index (χ1n) is 5.85. The fourth-order valence-electron chi connectivity index (χ4n) is 2.16. The number of oxime groups is 1. The quantitative estimate of drug-likeness (QED) is 0.306. The topological polar surface area (TPSA) is 95.0 Å². The Bertz CT molecular complexity index is 485. The van der Waals surface area contributed by atoms with E-state index in [0.29, 0.717) is 18.5 Å². The Morgan fingerprint density at radius 1 is 1.56 bits per heavy atom. The Morgan fingerprint density at radius 3 is 2.83 bits per heavy atom. The molecule has 18 heavy (non-hydrogen) atoms. The summed E-state index contributed by atoms with van der Waals surface area (Å²) in [7, 11) is 0. The van der Waals surface area contributed by atoms with Crippen LogP contribution in [-0.4, -0.2) is 39.8 Å². The number of amidine groups is 1. The Labute approximate surface area is 106 Å². The van der Waals surface area contributed by atoms with Crippen LogP contribution < -0.4 is 10.6 Å². The molecule has 1 unspecified atom stereocenters. The van der Waals surface area contributed by atoms with Crippen LogP contribution in [-0.2, 0) is 0 Å². The molecule has 1 aromatic rings. The monoisotopic (exact) mass is 250 g/mol. The van der Waals surface area contributed by atoms with Crippen LogP contribution in [0.25, 0.3) is 0 Å². The number of aryl methyl sites for hydroxylation is 1. The van der Waals surface area contributed by atoms with E-state index in [1.165, 1.54) is 0 Å². The average Bonchev–Trinajstić information content (AvgIpc) is 2.68. The Balaban J connectivity index is 2.32. The first-order valence-corrected chi connectivity index (χ1v) is 5.85. The fourth-order valence-corrected chi connectivity index (χ4v) is 2.16. The van der Waals surface area contributed by atoms with E-state index in [-0.39, 0.29) is 5.84 Å². The Morgan fingerprint density at radius 2 is 2.28 bits per heavy atom. The average molecular weight is 250 g/mol. The largest absolute Gasteiger partial charge is 0.409 e.